The number of rotatable bonds is 2. The molecule has 0 radical (unpaired) electrons. The van der Waals surface area contributed by atoms with E-state index in [0.29, 0.717) is 0 Å². The van der Waals surface area contributed by atoms with Crippen molar-refractivity contribution in [1.82, 2.24) is 0 Å². The standard InChI is InChI=1S/C22H31N/c1-16-9-14-20(17(2)15-16)23(22(6,7)8)19-12-10-18(11-13-19)21(3,4)5/h9-15H,1-8H3. The quantitative estimate of drug-likeness (QED) is 0.609. The van der Waals surface area contributed by atoms with Crippen molar-refractivity contribution in [2.75, 3.05) is 4.90 Å². The van der Waals surface area contributed by atoms with Gasteiger partial charge in [-0.3, -0.25) is 0 Å². The molecule has 0 amide bonds. The molecule has 0 aliphatic heterocycles. The van der Waals surface area contributed by atoms with Crippen LogP contribution in [0.3, 0.4) is 0 Å². The van der Waals surface area contributed by atoms with Gasteiger partial charge in [-0.25, -0.2) is 0 Å². The number of aryl methyl sites for hydroxylation is 2. The summed E-state index contributed by atoms with van der Waals surface area (Å²) in [4.78, 5) is 2.44. The molecule has 0 N–H and O–H groups in total. The van der Waals surface area contributed by atoms with Crippen LogP contribution in [0.1, 0.15) is 58.2 Å². The highest BCUT2D eigenvalue weighted by Gasteiger charge is 2.25. The molecule has 124 valence electrons. The SMILES string of the molecule is Cc1ccc(N(c2ccc(C(C)(C)C)cc2)C(C)(C)C)c(C)c1. The number of hydrogen-bond acceptors (Lipinski definition) is 1. The van der Waals surface area contributed by atoms with Crippen molar-refractivity contribution in [3.8, 4) is 0 Å². The smallest absolute Gasteiger partial charge is 0.0445 e. The molecule has 1 heteroatoms. The molecule has 0 spiro atoms. The van der Waals surface area contributed by atoms with E-state index >= 15 is 0 Å². The first-order valence-corrected chi connectivity index (χ1v) is 8.48. The minimum absolute atomic E-state index is 0.0171. The average Bonchev–Trinajstić information content (AvgIpc) is 2.40. The predicted molar refractivity (Wildman–Crippen MR) is 103 cm³/mol. The van der Waals surface area contributed by atoms with Gasteiger partial charge in [-0.2, -0.15) is 0 Å². The maximum Gasteiger partial charge on any atom is 0.0445 e. The Balaban J connectivity index is 2.52. The molecule has 2 aromatic rings. The summed E-state index contributed by atoms with van der Waals surface area (Å²) in [6.07, 6.45) is 0. The first kappa shape index (κ1) is 17.6. The van der Waals surface area contributed by atoms with Crippen LogP contribution in [-0.4, -0.2) is 5.54 Å². The van der Waals surface area contributed by atoms with Crippen molar-refractivity contribution < 1.29 is 0 Å². The van der Waals surface area contributed by atoms with Gasteiger partial charge in [0.2, 0.25) is 0 Å². The van der Waals surface area contributed by atoms with Gasteiger partial charge in [0.25, 0.3) is 0 Å². The van der Waals surface area contributed by atoms with Crippen LogP contribution in [-0.2, 0) is 5.41 Å². The maximum atomic E-state index is 2.44. The van der Waals surface area contributed by atoms with E-state index in [2.05, 4.69) is 103 Å². The second kappa shape index (κ2) is 6.03. The van der Waals surface area contributed by atoms with Gasteiger partial charge in [0.15, 0.2) is 0 Å². The van der Waals surface area contributed by atoms with Crippen LogP contribution in [0.4, 0.5) is 11.4 Å². The second-order valence-electron chi connectivity index (χ2n) is 8.59. The third-order valence-corrected chi connectivity index (χ3v) is 4.26. The highest BCUT2D eigenvalue weighted by Crippen LogP contribution is 2.36. The minimum Gasteiger partial charge on any atom is -0.336 e. The molecule has 0 aliphatic rings. The Morgan fingerprint density at radius 1 is 0.739 bits per heavy atom. The summed E-state index contributed by atoms with van der Waals surface area (Å²) in [6.45, 7) is 17.9. The van der Waals surface area contributed by atoms with E-state index in [9.17, 15) is 0 Å². The van der Waals surface area contributed by atoms with Crippen molar-refractivity contribution >= 4 is 11.4 Å². The van der Waals surface area contributed by atoms with Crippen molar-refractivity contribution in [1.29, 1.82) is 0 Å². The molecule has 1 nitrogen and oxygen atoms in total. The molecule has 0 heterocycles. The number of benzene rings is 2. The predicted octanol–water partition coefficient (Wildman–Crippen LogP) is 6.54. The van der Waals surface area contributed by atoms with Crippen molar-refractivity contribution in [3.05, 3.63) is 59.2 Å². The summed E-state index contributed by atoms with van der Waals surface area (Å²) >= 11 is 0. The van der Waals surface area contributed by atoms with Crippen molar-refractivity contribution in [2.45, 2.75) is 66.3 Å². The summed E-state index contributed by atoms with van der Waals surface area (Å²) in [5.74, 6) is 0. The van der Waals surface area contributed by atoms with Gasteiger partial charge in [-0.15, -0.1) is 0 Å². The third kappa shape index (κ3) is 3.96. The lowest BCUT2D eigenvalue weighted by molar-refractivity contribution is 0.558. The fourth-order valence-electron chi connectivity index (χ4n) is 3.05. The van der Waals surface area contributed by atoms with Gasteiger partial charge in [0.1, 0.15) is 0 Å². The molecule has 0 unspecified atom stereocenters. The van der Waals surface area contributed by atoms with Crippen LogP contribution in [0, 0.1) is 13.8 Å². The summed E-state index contributed by atoms with van der Waals surface area (Å²) in [6, 6.07) is 15.7. The lowest BCUT2D eigenvalue weighted by Gasteiger charge is -2.39. The normalized spacial score (nSPS) is 12.3. The molecule has 0 bridgehead atoms. The zero-order valence-corrected chi connectivity index (χ0v) is 16.0. The summed E-state index contributed by atoms with van der Waals surface area (Å²) < 4.78 is 0. The van der Waals surface area contributed by atoms with Crippen LogP contribution in [0.25, 0.3) is 0 Å². The highest BCUT2D eigenvalue weighted by molar-refractivity contribution is 5.69. The lowest BCUT2D eigenvalue weighted by Crippen LogP contribution is -2.38. The molecule has 0 saturated carbocycles. The molecular formula is C22H31N. The van der Waals surface area contributed by atoms with Crippen LogP contribution in [0.15, 0.2) is 42.5 Å². The van der Waals surface area contributed by atoms with E-state index in [1.807, 2.05) is 0 Å². The maximum absolute atomic E-state index is 2.44. The fraction of sp³-hybridized carbons (Fsp3) is 0.455. The molecule has 0 saturated heterocycles. The van der Waals surface area contributed by atoms with Gasteiger partial charge in [0.05, 0.1) is 0 Å². The van der Waals surface area contributed by atoms with Crippen LogP contribution < -0.4 is 4.90 Å². The first-order valence-electron chi connectivity index (χ1n) is 8.48. The Kier molecular flexibility index (Phi) is 4.61. The van der Waals surface area contributed by atoms with Crippen LogP contribution >= 0.6 is 0 Å². The van der Waals surface area contributed by atoms with E-state index in [4.69, 9.17) is 0 Å². The monoisotopic (exact) mass is 309 g/mol. The first-order chi connectivity index (χ1) is 10.5. The van der Waals surface area contributed by atoms with E-state index in [1.165, 1.54) is 28.1 Å². The van der Waals surface area contributed by atoms with Gasteiger partial charge in [0, 0.05) is 16.9 Å². The summed E-state index contributed by atoms with van der Waals surface area (Å²) in [7, 11) is 0. The molecule has 0 aliphatic carbocycles. The number of anilines is 2. The summed E-state index contributed by atoms with van der Waals surface area (Å²) in [5, 5.41) is 0. The Labute approximate surface area is 142 Å². The fourth-order valence-corrected chi connectivity index (χ4v) is 3.05. The van der Waals surface area contributed by atoms with Gasteiger partial charge in [-0.1, -0.05) is 50.6 Å². The van der Waals surface area contributed by atoms with E-state index in [-0.39, 0.29) is 11.0 Å². The van der Waals surface area contributed by atoms with Gasteiger partial charge < -0.3 is 4.90 Å². The van der Waals surface area contributed by atoms with Crippen LogP contribution in [0.2, 0.25) is 0 Å². The zero-order chi connectivity index (χ0) is 17.4. The third-order valence-electron chi connectivity index (χ3n) is 4.26. The van der Waals surface area contributed by atoms with E-state index in [1.54, 1.807) is 0 Å². The molecule has 2 aromatic carbocycles. The Morgan fingerprint density at radius 3 is 1.74 bits per heavy atom. The minimum atomic E-state index is 0.0171. The zero-order valence-electron chi connectivity index (χ0n) is 16.0. The van der Waals surface area contributed by atoms with Gasteiger partial charge >= 0.3 is 0 Å². The van der Waals surface area contributed by atoms with Crippen molar-refractivity contribution in [2.24, 2.45) is 0 Å². The Morgan fingerprint density at radius 2 is 1.30 bits per heavy atom. The Bertz CT molecular complexity index is 667. The molecule has 0 aromatic heterocycles. The average molecular weight is 309 g/mol. The summed E-state index contributed by atoms with van der Waals surface area (Å²) in [5.41, 5.74) is 6.73. The topological polar surface area (TPSA) is 3.24 Å². The Hall–Kier alpha value is -1.76. The van der Waals surface area contributed by atoms with Gasteiger partial charge in [-0.05, 0) is 69.4 Å². The van der Waals surface area contributed by atoms with E-state index in [0.717, 1.165) is 0 Å². The molecular weight excluding hydrogens is 278 g/mol. The molecule has 0 fully saturated rings. The number of nitrogens with zero attached hydrogens (tertiary/aromatic N) is 1. The molecule has 23 heavy (non-hydrogen) atoms. The highest BCUT2D eigenvalue weighted by atomic mass is 15.2. The lowest BCUT2D eigenvalue weighted by atomic mass is 9.87. The second-order valence-corrected chi connectivity index (χ2v) is 8.59. The molecule has 2 rings (SSSR count). The van der Waals surface area contributed by atoms with Crippen molar-refractivity contribution in [3.63, 3.8) is 0 Å². The van der Waals surface area contributed by atoms with Crippen LogP contribution in [0.5, 0.6) is 0 Å². The number of hydrogen-bond donors (Lipinski definition) is 0. The van der Waals surface area contributed by atoms with E-state index < -0.39 is 0 Å². The molecule has 0 atom stereocenters. The largest absolute Gasteiger partial charge is 0.336 e.